The summed E-state index contributed by atoms with van der Waals surface area (Å²) in [6.45, 7) is 29.4. The first-order chi connectivity index (χ1) is 35.3. The number of fused-ring (bicyclic) bond motifs is 13. The molecule has 4 heterocycles. The molecule has 0 saturated heterocycles. The van der Waals surface area contributed by atoms with Crippen molar-refractivity contribution in [3.8, 4) is 11.1 Å². The summed E-state index contributed by atoms with van der Waals surface area (Å²) in [6, 6.07) is 58.2. The predicted octanol–water partition coefficient (Wildman–Crippen LogP) is 16.3. The smallest absolute Gasteiger partial charge is 0.252 e. The van der Waals surface area contributed by atoms with Crippen LogP contribution < -0.4 is 31.1 Å². The van der Waals surface area contributed by atoms with Crippen molar-refractivity contribution in [3.63, 3.8) is 0 Å². The molecule has 14 rings (SSSR count). The molecule has 1 saturated carbocycles. The van der Waals surface area contributed by atoms with Gasteiger partial charge in [0.2, 0.25) is 0 Å². The van der Waals surface area contributed by atoms with E-state index in [2.05, 4.69) is 243 Å². The highest BCUT2D eigenvalue weighted by Gasteiger charge is 2.64. The summed E-state index contributed by atoms with van der Waals surface area (Å²) < 4.78 is 0. The average molecular weight is 966 g/mol. The minimum Gasteiger partial charge on any atom is -0.334 e. The van der Waals surface area contributed by atoms with Gasteiger partial charge in [0.1, 0.15) is 0 Å². The summed E-state index contributed by atoms with van der Waals surface area (Å²) in [7, 11) is 0. The van der Waals surface area contributed by atoms with Crippen LogP contribution in [0.1, 0.15) is 146 Å². The molecule has 370 valence electrons. The van der Waals surface area contributed by atoms with Crippen LogP contribution in [0.4, 0.5) is 39.8 Å². The first-order valence-electron chi connectivity index (χ1n) is 28.0. The van der Waals surface area contributed by atoms with Gasteiger partial charge in [0.05, 0.1) is 16.8 Å². The molecule has 74 heavy (non-hydrogen) atoms. The summed E-state index contributed by atoms with van der Waals surface area (Å²) in [5, 5.41) is 2.53. The SMILES string of the molecule is Cc1cc(C)c2c(c1)N(c1cc3c4c(c1)N1c5c(cccc5C5(C)CCc6ccccc6C15C)B4c1cc(C(C)(C)C)ccc1N3c1ccc(C(C)(C)C)cc1-c1ccc3ccccc3c1)C1(C)CCCCC21C. The van der Waals surface area contributed by atoms with E-state index in [0.29, 0.717) is 0 Å². The maximum Gasteiger partial charge on any atom is 0.252 e. The van der Waals surface area contributed by atoms with Gasteiger partial charge in [0, 0.05) is 50.5 Å². The van der Waals surface area contributed by atoms with Crippen molar-refractivity contribution in [2.24, 2.45) is 0 Å². The number of para-hydroxylation sites is 1. The van der Waals surface area contributed by atoms with Crippen LogP contribution in [0, 0.1) is 13.8 Å². The summed E-state index contributed by atoms with van der Waals surface area (Å²) >= 11 is 0. The first kappa shape index (κ1) is 46.0. The molecule has 0 bridgehead atoms. The Morgan fingerprint density at radius 3 is 1.99 bits per heavy atom. The van der Waals surface area contributed by atoms with Crippen LogP contribution in [0.5, 0.6) is 0 Å². The second kappa shape index (κ2) is 15.1. The lowest BCUT2D eigenvalue weighted by molar-refractivity contribution is 0.194. The van der Waals surface area contributed by atoms with Gasteiger partial charge in [0.15, 0.2) is 0 Å². The molecule has 0 radical (unpaired) electrons. The van der Waals surface area contributed by atoms with Crippen molar-refractivity contribution in [3.05, 3.63) is 190 Å². The largest absolute Gasteiger partial charge is 0.334 e. The Balaban J connectivity index is 1.14. The summed E-state index contributed by atoms with van der Waals surface area (Å²) in [5.74, 6) is 0. The Bertz CT molecular complexity index is 3740. The lowest BCUT2D eigenvalue weighted by Crippen LogP contribution is -2.64. The fraction of sp³-hybridized carbons (Fsp3) is 0.343. The maximum atomic E-state index is 2.92. The van der Waals surface area contributed by atoms with Gasteiger partial charge in [0.25, 0.3) is 6.71 Å². The zero-order valence-corrected chi connectivity index (χ0v) is 46.0. The number of rotatable bonds is 3. The summed E-state index contributed by atoms with van der Waals surface area (Å²) in [5.41, 5.74) is 26.8. The molecule has 8 aromatic rings. The molecule has 4 aliphatic heterocycles. The van der Waals surface area contributed by atoms with Gasteiger partial charge >= 0.3 is 0 Å². The number of anilines is 7. The molecule has 6 aliphatic rings. The second-order valence-corrected chi connectivity index (χ2v) is 26.5. The number of hydrogen-bond donors (Lipinski definition) is 0. The minimum atomic E-state index is -0.347. The van der Waals surface area contributed by atoms with Crippen molar-refractivity contribution < 1.29 is 0 Å². The number of nitrogens with zero attached hydrogens (tertiary/aromatic N) is 3. The van der Waals surface area contributed by atoms with Gasteiger partial charge < -0.3 is 14.7 Å². The quantitative estimate of drug-likeness (QED) is 0.163. The zero-order valence-electron chi connectivity index (χ0n) is 46.0. The van der Waals surface area contributed by atoms with Crippen molar-refractivity contribution in [2.75, 3.05) is 14.7 Å². The molecule has 2 aliphatic carbocycles. The fourth-order valence-corrected chi connectivity index (χ4v) is 16.3. The normalized spacial score (nSPS) is 24.0. The molecule has 0 spiro atoms. The highest BCUT2D eigenvalue weighted by Crippen LogP contribution is 2.67. The Morgan fingerprint density at radius 2 is 1.20 bits per heavy atom. The third-order valence-corrected chi connectivity index (χ3v) is 20.4. The van der Waals surface area contributed by atoms with Crippen molar-refractivity contribution in [2.45, 2.75) is 154 Å². The van der Waals surface area contributed by atoms with E-state index in [1.54, 1.807) is 5.56 Å². The van der Waals surface area contributed by atoms with Gasteiger partial charge in [-0.1, -0.05) is 171 Å². The molecule has 3 nitrogen and oxygen atoms in total. The van der Waals surface area contributed by atoms with Gasteiger partial charge in [-0.15, -0.1) is 0 Å². The molecule has 8 aromatic carbocycles. The van der Waals surface area contributed by atoms with Crippen LogP contribution in [0.3, 0.4) is 0 Å². The second-order valence-electron chi connectivity index (χ2n) is 26.5. The molecule has 1 fully saturated rings. The maximum absolute atomic E-state index is 2.92. The zero-order chi connectivity index (χ0) is 51.2. The number of benzene rings is 8. The molecular weight excluding hydrogens is 894 g/mol. The third-order valence-electron chi connectivity index (χ3n) is 20.4. The molecule has 0 amide bonds. The molecule has 0 N–H and O–H groups in total. The van der Waals surface area contributed by atoms with Crippen LogP contribution in [0.25, 0.3) is 21.9 Å². The number of hydrogen-bond acceptors (Lipinski definition) is 3. The first-order valence-corrected chi connectivity index (χ1v) is 28.0. The Morgan fingerprint density at radius 1 is 0.514 bits per heavy atom. The average Bonchev–Trinajstić information content (AvgIpc) is 3.72. The lowest BCUT2D eigenvalue weighted by atomic mass is 9.33. The monoisotopic (exact) mass is 966 g/mol. The highest BCUT2D eigenvalue weighted by atomic mass is 15.3. The topological polar surface area (TPSA) is 9.72 Å². The van der Waals surface area contributed by atoms with E-state index in [4.69, 9.17) is 0 Å². The summed E-state index contributed by atoms with van der Waals surface area (Å²) in [4.78, 5) is 8.53. The lowest BCUT2D eigenvalue weighted by Gasteiger charge is -2.54. The van der Waals surface area contributed by atoms with Gasteiger partial charge in [-0.2, -0.15) is 0 Å². The molecule has 4 atom stereocenters. The van der Waals surface area contributed by atoms with E-state index in [1.165, 1.54) is 136 Å². The number of aryl methyl sites for hydroxylation is 3. The van der Waals surface area contributed by atoms with Crippen LogP contribution in [-0.2, 0) is 33.6 Å². The van der Waals surface area contributed by atoms with E-state index in [1.807, 2.05) is 0 Å². The fourth-order valence-electron chi connectivity index (χ4n) is 16.3. The van der Waals surface area contributed by atoms with E-state index in [-0.39, 0.29) is 39.5 Å². The third kappa shape index (κ3) is 5.86. The Labute approximate surface area is 441 Å². The van der Waals surface area contributed by atoms with Crippen LogP contribution in [0.15, 0.2) is 146 Å². The predicted molar refractivity (Wildman–Crippen MR) is 316 cm³/mol. The summed E-state index contributed by atoms with van der Waals surface area (Å²) in [6.07, 6.45) is 7.01. The van der Waals surface area contributed by atoms with Gasteiger partial charge in [-0.25, -0.2) is 0 Å². The minimum absolute atomic E-state index is 0.00397. The van der Waals surface area contributed by atoms with Crippen LogP contribution in [0.2, 0.25) is 0 Å². The highest BCUT2D eigenvalue weighted by molar-refractivity contribution is 7.00. The molecule has 0 aromatic heterocycles. The molecule has 4 unspecified atom stereocenters. The van der Waals surface area contributed by atoms with Crippen molar-refractivity contribution in [1.29, 1.82) is 0 Å². The molecule has 4 heteroatoms. The molecular formula is C70H72BN3. The standard InChI is InChI=1S/C70H72BN3/c1-43-36-44(2)62-59(37-43)73(69(11)34-18-17-33-68(62,69)10)51-41-60-63-61(42-51)74-64-54(67(9)35-32-46-21-15-16-23-53(46)70(67,74)12)24-19-25-55(64)71(63)56-40-50(66(6,7)8)29-31-58(56)72(60)57-30-28-49(65(3,4)5)39-52(57)48-27-26-45-20-13-14-22-47(45)38-48/h13-16,19-31,36-42H,17-18,32-35H2,1-12H3. The van der Waals surface area contributed by atoms with Gasteiger partial charge in [-0.05, 0) is 184 Å². The van der Waals surface area contributed by atoms with Gasteiger partial charge in [-0.3, -0.25) is 0 Å². The van der Waals surface area contributed by atoms with E-state index in [9.17, 15) is 0 Å². The van der Waals surface area contributed by atoms with E-state index < -0.39 is 0 Å². The van der Waals surface area contributed by atoms with E-state index >= 15 is 0 Å². The van der Waals surface area contributed by atoms with Crippen LogP contribution >= 0.6 is 0 Å². The Kier molecular flexibility index (Phi) is 9.39. The van der Waals surface area contributed by atoms with Crippen molar-refractivity contribution >= 4 is 73.7 Å². The van der Waals surface area contributed by atoms with E-state index in [0.717, 1.165) is 19.3 Å². The van der Waals surface area contributed by atoms with Crippen LogP contribution in [-0.4, -0.2) is 12.3 Å². The Hall–Kier alpha value is -6.52. The van der Waals surface area contributed by atoms with Crippen molar-refractivity contribution in [1.82, 2.24) is 0 Å².